The van der Waals surface area contributed by atoms with Crippen molar-refractivity contribution in [3.8, 4) is 0 Å². The Balaban J connectivity index is 2.10. The quantitative estimate of drug-likeness (QED) is 0.866. The van der Waals surface area contributed by atoms with E-state index in [2.05, 4.69) is 25.8 Å². The second kappa shape index (κ2) is 6.74. The van der Waals surface area contributed by atoms with E-state index in [1.165, 1.54) is 25.7 Å². The predicted molar refractivity (Wildman–Crippen MR) is 89.6 cm³/mol. The number of nitrogens with zero attached hydrogens (tertiary/aromatic N) is 1. The van der Waals surface area contributed by atoms with Crippen LogP contribution in [-0.2, 0) is 0 Å². The average molecular weight is 311 g/mol. The van der Waals surface area contributed by atoms with Crippen molar-refractivity contribution in [2.45, 2.75) is 70.8 Å². The van der Waals surface area contributed by atoms with Gasteiger partial charge in [0, 0.05) is 5.25 Å². The summed E-state index contributed by atoms with van der Waals surface area (Å²) in [5.74, 6) is 2.30. The van der Waals surface area contributed by atoms with E-state index in [9.17, 15) is 0 Å². The van der Waals surface area contributed by atoms with E-state index >= 15 is 0 Å². The summed E-state index contributed by atoms with van der Waals surface area (Å²) >= 11 is 1.80. The minimum Gasteiger partial charge on any atom is -0.437 e. The number of hydrogen-bond acceptors (Lipinski definition) is 4. The van der Waals surface area contributed by atoms with Gasteiger partial charge in [-0.05, 0) is 56.9 Å². The lowest BCUT2D eigenvalue weighted by Crippen LogP contribution is -2.37. The van der Waals surface area contributed by atoms with Gasteiger partial charge < -0.3 is 10.2 Å². The van der Waals surface area contributed by atoms with Gasteiger partial charge >= 0.3 is 0 Å². The van der Waals surface area contributed by atoms with Crippen molar-refractivity contribution in [1.82, 2.24) is 4.98 Å². The Hall–Kier alpha value is -0.480. The Morgan fingerprint density at radius 1 is 1.33 bits per heavy atom. The van der Waals surface area contributed by atoms with E-state index < -0.39 is 0 Å². The summed E-state index contributed by atoms with van der Waals surface area (Å²) in [4.78, 5) is 4.54. The summed E-state index contributed by atoms with van der Waals surface area (Å²) < 4.78 is 5.77. The first-order chi connectivity index (χ1) is 9.87. The topological polar surface area (TPSA) is 52.0 Å². The predicted octanol–water partition coefficient (Wildman–Crippen LogP) is 4.56. The fourth-order valence-corrected chi connectivity index (χ4v) is 4.62. The van der Waals surface area contributed by atoms with Crippen molar-refractivity contribution in [3.63, 3.8) is 0 Å². The van der Waals surface area contributed by atoms with E-state index in [0.29, 0.717) is 16.6 Å². The van der Waals surface area contributed by atoms with E-state index in [1.54, 1.807) is 11.8 Å². The highest BCUT2D eigenvalue weighted by Crippen LogP contribution is 2.46. The van der Waals surface area contributed by atoms with Crippen LogP contribution in [0.5, 0.6) is 0 Å². The summed E-state index contributed by atoms with van der Waals surface area (Å²) in [6.07, 6.45) is 5.01. The zero-order valence-corrected chi connectivity index (χ0v) is 14.9. The summed E-state index contributed by atoms with van der Waals surface area (Å²) in [6.45, 7) is 11.9. The molecule has 1 aliphatic rings. The van der Waals surface area contributed by atoms with Gasteiger partial charge in [0.05, 0.1) is 5.69 Å². The Labute approximate surface area is 133 Å². The molecule has 0 aromatic carbocycles. The molecule has 3 atom stereocenters. The molecule has 0 saturated heterocycles. The average Bonchev–Trinajstić information content (AvgIpc) is 2.77. The third-order valence-corrected chi connectivity index (χ3v) is 6.77. The minimum absolute atomic E-state index is 0.417. The third kappa shape index (κ3) is 3.84. The molecular weight excluding hydrogens is 280 g/mol. The molecule has 0 aliphatic heterocycles. The van der Waals surface area contributed by atoms with E-state index in [-0.39, 0.29) is 0 Å². The minimum atomic E-state index is 0.417. The van der Waals surface area contributed by atoms with Crippen LogP contribution >= 0.6 is 11.8 Å². The van der Waals surface area contributed by atoms with Crippen molar-refractivity contribution < 1.29 is 4.42 Å². The maximum absolute atomic E-state index is 6.01. The molecule has 0 bridgehead atoms. The van der Waals surface area contributed by atoms with Crippen molar-refractivity contribution in [3.05, 3.63) is 11.5 Å². The molecule has 0 spiro atoms. The van der Waals surface area contributed by atoms with Crippen molar-refractivity contribution >= 4 is 11.8 Å². The first-order valence-corrected chi connectivity index (χ1v) is 9.06. The molecule has 1 aromatic heterocycles. The Morgan fingerprint density at radius 3 is 2.57 bits per heavy atom. The van der Waals surface area contributed by atoms with Crippen LogP contribution < -0.4 is 5.73 Å². The standard InChI is InChI=1S/C17H30N2OS/c1-6-17(4,5)14-8-7-13(10-18)15(9-14)21-16-19-11(2)12(3)20-16/h13-15H,6-10,18H2,1-5H3. The molecule has 1 aliphatic carbocycles. The Kier molecular flexibility index (Phi) is 5.42. The summed E-state index contributed by atoms with van der Waals surface area (Å²) in [5.41, 5.74) is 7.43. The van der Waals surface area contributed by atoms with Crippen LogP contribution in [0.1, 0.15) is 57.9 Å². The molecule has 3 nitrogen and oxygen atoms in total. The molecule has 2 rings (SSSR count). The van der Waals surface area contributed by atoms with Gasteiger partial charge in [-0.3, -0.25) is 0 Å². The lowest BCUT2D eigenvalue weighted by Gasteiger charge is -2.42. The largest absolute Gasteiger partial charge is 0.437 e. The molecule has 3 unspecified atom stereocenters. The molecule has 2 N–H and O–H groups in total. The Morgan fingerprint density at radius 2 is 2.05 bits per heavy atom. The molecule has 1 fully saturated rings. The normalized spacial score (nSPS) is 27.0. The Bertz CT molecular complexity index is 450. The monoisotopic (exact) mass is 310 g/mol. The fourth-order valence-electron chi connectivity index (χ4n) is 3.23. The second-order valence-electron chi connectivity index (χ2n) is 7.13. The molecule has 0 amide bonds. The number of thioether (sulfide) groups is 1. The number of oxazole rings is 1. The van der Waals surface area contributed by atoms with Crippen molar-refractivity contribution in [2.24, 2.45) is 23.0 Å². The van der Waals surface area contributed by atoms with Gasteiger partial charge in [-0.2, -0.15) is 0 Å². The lowest BCUT2D eigenvalue weighted by molar-refractivity contribution is 0.134. The van der Waals surface area contributed by atoms with Gasteiger partial charge in [-0.25, -0.2) is 4.98 Å². The molecule has 120 valence electrons. The number of aryl methyl sites for hydroxylation is 2. The second-order valence-corrected chi connectivity index (χ2v) is 8.32. The molecule has 4 heteroatoms. The van der Waals surface area contributed by atoms with Gasteiger partial charge in [0.25, 0.3) is 5.22 Å². The number of nitrogens with two attached hydrogens (primary N) is 1. The number of rotatable bonds is 5. The van der Waals surface area contributed by atoms with Crippen LogP contribution in [0.25, 0.3) is 0 Å². The first kappa shape index (κ1) is 16.9. The first-order valence-electron chi connectivity index (χ1n) is 8.18. The molecule has 1 heterocycles. The number of hydrogen-bond donors (Lipinski definition) is 1. The van der Waals surface area contributed by atoms with Gasteiger partial charge in [0.2, 0.25) is 0 Å². The highest BCUT2D eigenvalue weighted by atomic mass is 32.2. The lowest BCUT2D eigenvalue weighted by atomic mass is 9.67. The fraction of sp³-hybridized carbons (Fsp3) is 0.824. The van der Waals surface area contributed by atoms with Gasteiger partial charge in [-0.1, -0.05) is 39.0 Å². The van der Waals surface area contributed by atoms with Crippen LogP contribution in [0.15, 0.2) is 9.64 Å². The summed E-state index contributed by atoms with van der Waals surface area (Å²) in [7, 11) is 0. The van der Waals surface area contributed by atoms with Gasteiger partial charge in [-0.15, -0.1) is 0 Å². The van der Waals surface area contributed by atoms with Crippen LogP contribution in [0.2, 0.25) is 0 Å². The van der Waals surface area contributed by atoms with Crippen molar-refractivity contribution in [2.75, 3.05) is 6.54 Å². The molecule has 1 aromatic rings. The highest BCUT2D eigenvalue weighted by Gasteiger charge is 2.37. The zero-order chi connectivity index (χ0) is 15.6. The van der Waals surface area contributed by atoms with Crippen LogP contribution in [0.3, 0.4) is 0 Å². The van der Waals surface area contributed by atoms with Crippen molar-refractivity contribution in [1.29, 1.82) is 0 Å². The highest BCUT2D eigenvalue weighted by molar-refractivity contribution is 7.99. The van der Waals surface area contributed by atoms with Gasteiger partial charge in [0.15, 0.2) is 0 Å². The van der Waals surface area contributed by atoms with Crippen LogP contribution in [0, 0.1) is 31.1 Å². The zero-order valence-electron chi connectivity index (χ0n) is 14.1. The molecular formula is C17H30N2OS. The van der Waals surface area contributed by atoms with E-state index in [4.69, 9.17) is 10.2 Å². The SMILES string of the molecule is CCC(C)(C)C1CCC(CN)C(Sc2nc(C)c(C)o2)C1. The van der Waals surface area contributed by atoms with E-state index in [1.807, 2.05) is 13.8 Å². The molecule has 0 radical (unpaired) electrons. The van der Waals surface area contributed by atoms with Crippen LogP contribution in [0.4, 0.5) is 0 Å². The molecule has 21 heavy (non-hydrogen) atoms. The summed E-state index contributed by atoms with van der Waals surface area (Å²) in [5, 5.41) is 1.36. The smallest absolute Gasteiger partial charge is 0.256 e. The maximum atomic E-state index is 6.01. The maximum Gasteiger partial charge on any atom is 0.256 e. The molecule has 1 saturated carbocycles. The van der Waals surface area contributed by atoms with Gasteiger partial charge in [0.1, 0.15) is 5.76 Å². The third-order valence-electron chi connectivity index (χ3n) is 5.51. The number of aromatic nitrogens is 1. The van der Waals surface area contributed by atoms with E-state index in [0.717, 1.165) is 29.1 Å². The van der Waals surface area contributed by atoms with Crippen LogP contribution in [-0.4, -0.2) is 16.8 Å². The summed E-state index contributed by atoms with van der Waals surface area (Å²) in [6, 6.07) is 0.